The Hall–Kier alpha value is -1.94. The Balaban J connectivity index is 2.09. The molecular weight excluding hydrogens is 274 g/mol. The van der Waals surface area contributed by atoms with Crippen molar-refractivity contribution in [1.82, 2.24) is 0 Å². The van der Waals surface area contributed by atoms with Crippen LogP contribution in [0, 0.1) is 6.92 Å². The molecular formula is C17H18F2O2. The van der Waals surface area contributed by atoms with Gasteiger partial charge >= 0.3 is 5.92 Å². The molecule has 0 aromatic heterocycles. The van der Waals surface area contributed by atoms with Crippen molar-refractivity contribution in [2.75, 3.05) is 6.61 Å². The second-order valence-electron chi connectivity index (χ2n) is 5.06. The van der Waals surface area contributed by atoms with Crippen LogP contribution in [0.3, 0.4) is 0 Å². The second kappa shape index (κ2) is 6.22. The highest BCUT2D eigenvalue weighted by molar-refractivity contribution is 5.37. The summed E-state index contributed by atoms with van der Waals surface area (Å²) in [5.41, 5.74) is 1.38. The molecule has 2 nitrogen and oxygen atoms in total. The van der Waals surface area contributed by atoms with E-state index in [1.165, 1.54) is 12.1 Å². The van der Waals surface area contributed by atoms with Gasteiger partial charge in [0, 0.05) is 5.56 Å². The number of hydrogen-bond donors (Lipinski definition) is 1. The Morgan fingerprint density at radius 2 is 1.81 bits per heavy atom. The summed E-state index contributed by atoms with van der Waals surface area (Å²) in [7, 11) is 0. The first-order valence-electron chi connectivity index (χ1n) is 6.75. The quantitative estimate of drug-likeness (QED) is 0.894. The number of aliphatic hydroxyl groups excluding tert-OH is 1. The van der Waals surface area contributed by atoms with Gasteiger partial charge in [0.1, 0.15) is 5.75 Å². The van der Waals surface area contributed by atoms with Crippen molar-refractivity contribution in [3.63, 3.8) is 0 Å². The summed E-state index contributed by atoms with van der Waals surface area (Å²) >= 11 is 0. The number of benzene rings is 2. The van der Waals surface area contributed by atoms with E-state index in [0.717, 1.165) is 11.1 Å². The maximum absolute atomic E-state index is 14.0. The minimum Gasteiger partial charge on any atom is -0.487 e. The minimum atomic E-state index is -3.04. The zero-order chi connectivity index (χ0) is 15.5. The Labute approximate surface area is 123 Å². The predicted molar refractivity (Wildman–Crippen MR) is 77.6 cm³/mol. The lowest BCUT2D eigenvalue weighted by atomic mass is 10.1. The molecule has 0 radical (unpaired) electrons. The zero-order valence-electron chi connectivity index (χ0n) is 12.0. The number of aliphatic hydroxyl groups is 1. The normalized spacial score (nSPS) is 13.0. The van der Waals surface area contributed by atoms with E-state index in [4.69, 9.17) is 4.74 Å². The highest BCUT2D eigenvalue weighted by Gasteiger charge is 2.32. The van der Waals surface area contributed by atoms with Crippen molar-refractivity contribution in [3.05, 3.63) is 65.2 Å². The molecule has 0 aliphatic heterocycles. The van der Waals surface area contributed by atoms with Crippen LogP contribution in [-0.4, -0.2) is 11.7 Å². The summed E-state index contributed by atoms with van der Waals surface area (Å²) in [6.45, 7) is 2.70. The summed E-state index contributed by atoms with van der Waals surface area (Å²) in [6.07, 6.45) is -0.594. The van der Waals surface area contributed by atoms with E-state index in [1.807, 2.05) is 0 Å². The van der Waals surface area contributed by atoms with Crippen LogP contribution in [0.1, 0.15) is 29.7 Å². The Bertz CT molecular complexity index is 595. The Kier molecular flexibility index (Phi) is 4.58. The number of aryl methyl sites for hydroxylation is 1. The molecule has 112 valence electrons. The summed E-state index contributed by atoms with van der Waals surface area (Å²) < 4.78 is 33.3. The Morgan fingerprint density at radius 3 is 2.38 bits per heavy atom. The number of alkyl halides is 2. The number of hydrogen-bond acceptors (Lipinski definition) is 2. The van der Waals surface area contributed by atoms with E-state index in [-0.39, 0.29) is 5.56 Å². The molecule has 2 aromatic rings. The minimum absolute atomic E-state index is 0.0664. The molecule has 1 N–H and O–H groups in total. The third-order valence-electron chi connectivity index (χ3n) is 3.29. The average Bonchev–Trinajstić information content (AvgIpc) is 2.46. The number of rotatable bonds is 5. The van der Waals surface area contributed by atoms with Gasteiger partial charge in [-0.2, -0.15) is 8.78 Å². The fourth-order valence-electron chi connectivity index (χ4n) is 2.03. The summed E-state index contributed by atoms with van der Waals surface area (Å²) in [5.74, 6) is -2.65. The van der Waals surface area contributed by atoms with Gasteiger partial charge in [-0.05, 0) is 37.1 Å². The van der Waals surface area contributed by atoms with Gasteiger partial charge in [-0.3, -0.25) is 0 Å². The molecule has 0 saturated carbocycles. The van der Waals surface area contributed by atoms with Crippen LogP contribution < -0.4 is 4.74 Å². The number of ether oxygens (including phenoxy) is 1. The molecule has 2 rings (SSSR count). The maximum Gasteiger partial charge on any atom is 0.306 e. The van der Waals surface area contributed by atoms with Crippen LogP contribution in [-0.2, 0) is 5.92 Å². The van der Waals surface area contributed by atoms with Crippen molar-refractivity contribution in [2.24, 2.45) is 0 Å². The monoisotopic (exact) mass is 292 g/mol. The van der Waals surface area contributed by atoms with Crippen molar-refractivity contribution in [1.29, 1.82) is 0 Å². The molecule has 0 amide bonds. The van der Waals surface area contributed by atoms with Gasteiger partial charge in [-0.15, -0.1) is 0 Å². The second-order valence-corrected chi connectivity index (χ2v) is 5.06. The molecule has 1 atom stereocenters. The lowest BCUT2D eigenvalue weighted by Gasteiger charge is -2.19. The molecule has 2 aromatic carbocycles. The van der Waals surface area contributed by atoms with Crippen molar-refractivity contribution in [3.8, 4) is 5.75 Å². The van der Waals surface area contributed by atoms with E-state index in [1.54, 1.807) is 50.2 Å². The molecule has 0 saturated heterocycles. The SMILES string of the molecule is Cc1cc(C(C)O)ccc1OCC(F)(F)c1ccccc1. The van der Waals surface area contributed by atoms with Crippen molar-refractivity contribution in [2.45, 2.75) is 25.9 Å². The first kappa shape index (κ1) is 15.4. The molecule has 21 heavy (non-hydrogen) atoms. The van der Waals surface area contributed by atoms with Crippen LogP contribution in [0.5, 0.6) is 5.75 Å². The standard InChI is InChI=1S/C17H18F2O2/c1-12-10-14(13(2)20)8-9-16(12)21-11-17(18,19)15-6-4-3-5-7-15/h3-10,13,20H,11H2,1-2H3. The summed E-state index contributed by atoms with van der Waals surface area (Å²) in [6, 6.07) is 12.6. The van der Waals surface area contributed by atoms with Gasteiger partial charge in [0.25, 0.3) is 0 Å². The van der Waals surface area contributed by atoms with Crippen LogP contribution in [0.25, 0.3) is 0 Å². The number of halogens is 2. The Morgan fingerprint density at radius 1 is 1.14 bits per heavy atom. The topological polar surface area (TPSA) is 29.5 Å². The smallest absolute Gasteiger partial charge is 0.306 e. The van der Waals surface area contributed by atoms with Crippen LogP contribution >= 0.6 is 0 Å². The van der Waals surface area contributed by atoms with E-state index in [0.29, 0.717) is 5.75 Å². The molecule has 0 heterocycles. The van der Waals surface area contributed by atoms with Crippen molar-refractivity contribution >= 4 is 0 Å². The van der Waals surface area contributed by atoms with Gasteiger partial charge in [0.2, 0.25) is 0 Å². The van der Waals surface area contributed by atoms with Gasteiger partial charge < -0.3 is 9.84 Å². The molecule has 4 heteroatoms. The van der Waals surface area contributed by atoms with E-state index < -0.39 is 18.6 Å². The molecule has 1 unspecified atom stereocenters. The fourth-order valence-corrected chi connectivity index (χ4v) is 2.03. The van der Waals surface area contributed by atoms with Gasteiger partial charge in [-0.1, -0.05) is 36.4 Å². The lowest BCUT2D eigenvalue weighted by molar-refractivity contribution is -0.0468. The van der Waals surface area contributed by atoms with Gasteiger partial charge in [0.15, 0.2) is 6.61 Å². The first-order valence-corrected chi connectivity index (χ1v) is 6.75. The van der Waals surface area contributed by atoms with E-state index in [9.17, 15) is 13.9 Å². The molecule has 0 bridgehead atoms. The predicted octanol–water partition coefficient (Wildman–Crippen LogP) is 4.22. The first-order chi connectivity index (χ1) is 9.90. The highest BCUT2D eigenvalue weighted by atomic mass is 19.3. The van der Waals surface area contributed by atoms with Crippen LogP contribution in [0.15, 0.2) is 48.5 Å². The van der Waals surface area contributed by atoms with Crippen molar-refractivity contribution < 1.29 is 18.6 Å². The van der Waals surface area contributed by atoms with Crippen LogP contribution in [0.2, 0.25) is 0 Å². The van der Waals surface area contributed by atoms with Gasteiger partial charge in [0.05, 0.1) is 6.10 Å². The largest absolute Gasteiger partial charge is 0.487 e. The highest BCUT2D eigenvalue weighted by Crippen LogP contribution is 2.30. The molecule has 0 spiro atoms. The molecule has 0 aliphatic carbocycles. The van der Waals surface area contributed by atoms with Crippen LogP contribution in [0.4, 0.5) is 8.78 Å². The summed E-state index contributed by atoms with van der Waals surface area (Å²) in [4.78, 5) is 0. The summed E-state index contributed by atoms with van der Waals surface area (Å²) in [5, 5.41) is 9.49. The fraction of sp³-hybridized carbons (Fsp3) is 0.294. The van der Waals surface area contributed by atoms with E-state index >= 15 is 0 Å². The third kappa shape index (κ3) is 3.79. The maximum atomic E-state index is 14.0. The lowest BCUT2D eigenvalue weighted by Crippen LogP contribution is -2.23. The van der Waals surface area contributed by atoms with E-state index in [2.05, 4.69) is 0 Å². The average molecular weight is 292 g/mol. The zero-order valence-corrected chi connectivity index (χ0v) is 12.0. The third-order valence-corrected chi connectivity index (χ3v) is 3.29. The van der Waals surface area contributed by atoms with Gasteiger partial charge in [-0.25, -0.2) is 0 Å². The molecule has 0 fully saturated rings. The molecule has 0 aliphatic rings.